The fourth-order valence-electron chi connectivity index (χ4n) is 1.79. The molecule has 0 aliphatic carbocycles. The predicted molar refractivity (Wildman–Crippen MR) is 78.7 cm³/mol. The Morgan fingerprint density at radius 3 is 2.32 bits per heavy atom. The smallest absolute Gasteiger partial charge is 0.339 e. The molecule has 0 aliphatic heterocycles. The normalized spacial score (nSPS) is 11.5. The van der Waals surface area contributed by atoms with Crippen molar-refractivity contribution in [3.05, 3.63) is 47.5 Å². The van der Waals surface area contributed by atoms with Gasteiger partial charge in [0.15, 0.2) is 5.78 Å². The minimum Gasteiger partial charge on any atom is -0.478 e. The van der Waals surface area contributed by atoms with Crippen molar-refractivity contribution in [2.75, 3.05) is 6.61 Å². The summed E-state index contributed by atoms with van der Waals surface area (Å²) in [4.78, 5) is 34.9. The minimum absolute atomic E-state index is 0.0833. The SMILES string of the molecule is C=C(C)C(=O)CC(CCO)OC(=O)c1ccccc1C(=O)O. The number of hydrogen-bond donors (Lipinski definition) is 2. The molecule has 118 valence electrons. The van der Waals surface area contributed by atoms with Gasteiger partial charge in [-0.3, -0.25) is 4.79 Å². The van der Waals surface area contributed by atoms with Gasteiger partial charge in [-0.25, -0.2) is 9.59 Å². The zero-order valence-electron chi connectivity index (χ0n) is 12.2. The number of aliphatic hydroxyl groups excluding tert-OH is 1. The van der Waals surface area contributed by atoms with Gasteiger partial charge < -0.3 is 14.9 Å². The van der Waals surface area contributed by atoms with Gasteiger partial charge >= 0.3 is 11.9 Å². The number of ketones is 1. The van der Waals surface area contributed by atoms with Crippen molar-refractivity contribution >= 4 is 17.7 Å². The third kappa shape index (κ3) is 4.82. The Balaban J connectivity index is 2.90. The van der Waals surface area contributed by atoms with Crippen LogP contribution in [0.25, 0.3) is 0 Å². The van der Waals surface area contributed by atoms with Gasteiger partial charge in [-0.05, 0) is 24.6 Å². The molecule has 0 aliphatic rings. The van der Waals surface area contributed by atoms with Crippen LogP contribution in [-0.2, 0) is 9.53 Å². The molecule has 1 aromatic rings. The first-order valence-electron chi connectivity index (χ1n) is 6.69. The average Bonchev–Trinajstić information content (AvgIpc) is 2.47. The zero-order valence-corrected chi connectivity index (χ0v) is 12.2. The van der Waals surface area contributed by atoms with E-state index >= 15 is 0 Å². The number of hydrogen-bond acceptors (Lipinski definition) is 5. The van der Waals surface area contributed by atoms with E-state index in [0.717, 1.165) is 0 Å². The van der Waals surface area contributed by atoms with Gasteiger partial charge in [0, 0.05) is 19.4 Å². The Kier molecular flexibility index (Phi) is 6.47. The van der Waals surface area contributed by atoms with Crippen LogP contribution in [0.1, 0.15) is 40.5 Å². The number of carboxylic acids is 1. The summed E-state index contributed by atoms with van der Waals surface area (Å²) in [5, 5.41) is 18.1. The molecule has 0 saturated carbocycles. The molecule has 0 saturated heterocycles. The summed E-state index contributed by atoms with van der Waals surface area (Å²) in [6.45, 7) is 4.79. The topological polar surface area (TPSA) is 101 Å². The van der Waals surface area contributed by atoms with Crippen LogP contribution >= 0.6 is 0 Å². The molecule has 0 spiro atoms. The van der Waals surface area contributed by atoms with Crippen LogP contribution in [0, 0.1) is 0 Å². The lowest BCUT2D eigenvalue weighted by Crippen LogP contribution is -2.24. The van der Waals surface area contributed by atoms with E-state index in [-0.39, 0.29) is 36.4 Å². The first-order valence-corrected chi connectivity index (χ1v) is 6.69. The maximum absolute atomic E-state index is 12.1. The fourth-order valence-corrected chi connectivity index (χ4v) is 1.79. The molecular formula is C16H18O6. The Morgan fingerprint density at radius 2 is 1.82 bits per heavy atom. The van der Waals surface area contributed by atoms with Crippen LogP contribution in [0.5, 0.6) is 0 Å². The molecule has 2 N–H and O–H groups in total. The summed E-state index contributed by atoms with van der Waals surface area (Å²) in [6.07, 6.45) is -0.847. The highest BCUT2D eigenvalue weighted by Crippen LogP contribution is 2.15. The largest absolute Gasteiger partial charge is 0.478 e. The lowest BCUT2D eigenvalue weighted by atomic mass is 10.1. The van der Waals surface area contributed by atoms with Crippen molar-refractivity contribution in [2.45, 2.75) is 25.9 Å². The number of carbonyl (C=O) groups is 3. The second kappa shape index (κ2) is 8.09. The molecular weight excluding hydrogens is 288 g/mol. The van der Waals surface area contributed by atoms with Crippen LogP contribution in [0.2, 0.25) is 0 Å². The summed E-state index contributed by atoms with van der Waals surface area (Å²) in [7, 11) is 0. The van der Waals surface area contributed by atoms with Gasteiger partial charge in [0.05, 0.1) is 11.1 Å². The number of aliphatic hydroxyl groups is 1. The van der Waals surface area contributed by atoms with E-state index in [0.29, 0.717) is 5.57 Å². The molecule has 6 nitrogen and oxygen atoms in total. The Hall–Kier alpha value is -2.47. The van der Waals surface area contributed by atoms with Crippen molar-refractivity contribution in [1.29, 1.82) is 0 Å². The number of allylic oxidation sites excluding steroid dienone is 1. The summed E-state index contributed by atoms with van der Waals surface area (Å²) in [6, 6.07) is 5.64. The van der Waals surface area contributed by atoms with Gasteiger partial charge in [0.25, 0.3) is 0 Å². The number of esters is 1. The van der Waals surface area contributed by atoms with Crippen molar-refractivity contribution in [3.63, 3.8) is 0 Å². The number of aromatic carboxylic acids is 1. The van der Waals surface area contributed by atoms with Crippen molar-refractivity contribution in [2.24, 2.45) is 0 Å². The Morgan fingerprint density at radius 1 is 1.23 bits per heavy atom. The fraction of sp³-hybridized carbons (Fsp3) is 0.312. The molecule has 6 heteroatoms. The van der Waals surface area contributed by atoms with Crippen molar-refractivity contribution < 1.29 is 29.3 Å². The number of ether oxygens (including phenoxy) is 1. The van der Waals surface area contributed by atoms with Crippen LogP contribution < -0.4 is 0 Å². The highest BCUT2D eigenvalue weighted by molar-refractivity contribution is 6.02. The lowest BCUT2D eigenvalue weighted by molar-refractivity contribution is -0.117. The standard InChI is InChI=1S/C16H18O6/c1-10(2)14(18)9-11(7-8-17)22-16(21)13-6-4-3-5-12(13)15(19)20/h3-6,11,17H,1,7-9H2,2H3,(H,19,20). The van der Waals surface area contributed by atoms with E-state index in [1.165, 1.54) is 24.3 Å². The van der Waals surface area contributed by atoms with Crippen molar-refractivity contribution in [1.82, 2.24) is 0 Å². The third-order valence-corrected chi connectivity index (χ3v) is 2.99. The van der Waals surface area contributed by atoms with E-state index in [4.69, 9.17) is 14.9 Å². The first kappa shape index (κ1) is 17.6. The summed E-state index contributed by atoms with van der Waals surface area (Å²) >= 11 is 0. The molecule has 1 atom stereocenters. The number of benzene rings is 1. The maximum Gasteiger partial charge on any atom is 0.339 e. The van der Waals surface area contributed by atoms with E-state index < -0.39 is 18.0 Å². The maximum atomic E-state index is 12.1. The Labute approximate surface area is 128 Å². The molecule has 0 fully saturated rings. The quantitative estimate of drug-likeness (QED) is 0.561. The second-order valence-corrected chi connectivity index (χ2v) is 4.80. The molecule has 0 heterocycles. The molecule has 1 unspecified atom stereocenters. The highest BCUT2D eigenvalue weighted by atomic mass is 16.5. The Bertz CT molecular complexity index is 590. The van der Waals surface area contributed by atoms with Crippen LogP contribution in [-0.4, -0.2) is 40.6 Å². The summed E-state index contributed by atoms with van der Waals surface area (Å²) in [5.74, 6) is -2.37. The highest BCUT2D eigenvalue weighted by Gasteiger charge is 2.22. The lowest BCUT2D eigenvalue weighted by Gasteiger charge is -2.17. The number of carbonyl (C=O) groups excluding carboxylic acids is 2. The van der Waals surface area contributed by atoms with Crippen LogP contribution in [0.4, 0.5) is 0 Å². The summed E-state index contributed by atoms with van der Waals surface area (Å²) in [5.41, 5.74) is 0.0483. The van der Waals surface area contributed by atoms with E-state index in [9.17, 15) is 14.4 Å². The van der Waals surface area contributed by atoms with E-state index in [2.05, 4.69) is 6.58 Å². The monoisotopic (exact) mass is 306 g/mol. The number of carboxylic acid groups (broad SMARTS) is 1. The van der Waals surface area contributed by atoms with E-state index in [1.54, 1.807) is 6.92 Å². The molecule has 0 amide bonds. The average molecular weight is 306 g/mol. The molecule has 1 rings (SSSR count). The van der Waals surface area contributed by atoms with Gasteiger partial charge in [0.1, 0.15) is 6.10 Å². The minimum atomic E-state index is -1.25. The first-order chi connectivity index (χ1) is 10.4. The molecule has 1 aromatic carbocycles. The third-order valence-electron chi connectivity index (χ3n) is 2.99. The summed E-state index contributed by atoms with van der Waals surface area (Å²) < 4.78 is 5.16. The van der Waals surface area contributed by atoms with Gasteiger partial charge in [-0.15, -0.1) is 0 Å². The van der Waals surface area contributed by atoms with Crippen LogP contribution in [0.15, 0.2) is 36.4 Å². The number of Topliss-reactive ketones (excluding diaryl/α,β-unsaturated/α-hetero) is 1. The predicted octanol–water partition coefficient (Wildman–Crippen LogP) is 1.83. The van der Waals surface area contributed by atoms with Gasteiger partial charge in [0.2, 0.25) is 0 Å². The molecule has 22 heavy (non-hydrogen) atoms. The molecule has 0 aromatic heterocycles. The molecule has 0 radical (unpaired) electrons. The van der Waals surface area contributed by atoms with Gasteiger partial charge in [-0.2, -0.15) is 0 Å². The van der Waals surface area contributed by atoms with E-state index in [1.807, 2.05) is 0 Å². The number of rotatable bonds is 8. The van der Waals surface area contributed by atoms with Crippen LogP contribution in [0.3, 0.4) is 0 Å². The van der Waals surface area contributed by atoms with Gasteiger partial charge in [-0.1, -0.05) is 18.7 Å². The second-order valence-electron chi connectivity index (χ2n) is 4.80. The molecule has 0 bridgehead atoms. The zero-order chi connectivity index (χ0) is 16.7. The van der Waals surface area contributed by atoms with Crippen molar-refractivity contribution in [3.8, 4) is 0 Å².